The molecular weight excluding hydrogens is 545 g/mol. The van der Waals surface area contributed by atoms with Gasteiger partial charge in [0.05, 0.1) is 10.0 Å². The maximum absolute atomic E-state index is 13.5. The van der Waals surface area contributed by atoms with Gasteiger partial charge in [-0.1, -0.05) is 69.1 Å². The normalized spacial score (nSPS) is 21.1. The van der Waals surface area contributed by atoms with E-state index in [0.29, 0.717) is 42.4 Å². The van der Waals surface area contributed by atoms with Crippen LogP contribution in [0, 0.1) is 10.8 Å². The van der Waals surface area contributed by atoms with Crippen LogP contribution >= 0.6 is 23.2 Å². The Morgan fingerprint density at radius 2 is 1.29 bits per heavy atom. The SMILES string of the molecule is CC1(C)CC(=O)C2=C(C1)NC1=C(C(=O)CC(C)(C)C1)C2c1cc(Cl)c(OS(=O)(=O)c2ccccc2)c(Cl)c1. The number of hydrogen-bond donors (Lipinski definition) is 1. The van der Waals surface area contributed by atoms with E-state index in [2.05, 4.69) is 33.0 Å². The Bertz CT molecular complexity index is 1460. The third-order valence-corrected chi connectivity index (χ3v) is 9.10. The van der Waals surface area contributed by atoms with Crippen LogP contribution in [0.15, 0.2) is 69.9 Å². The first-order valence-corrected chi connectivity index (χ1v) is 14.6. The molecular formula is C29H29Cl2NO5S. The number of hydrogen-bond acceptors (Lipinski definition) is 6. The lowest BCUT2D eigenvalue weighted by Gasteiger charge is -2.44. The van der Waals surface area contributed by atoms with Gasteiger partial charge in [-0.3, -0.25) is 9.59 Å². The molecule has 1 N–H and O–H groups in total. The molecule has 1 heterocycles. The van der Waals surface area contributed by atoms with Crippen LogP contribution in [0.2, 0.25) is 10.0 Å². The van der Waals surface area contributed by atoms with E-state index in [1.807, 2.05) is 0 Å². The number of halogens is 2. The highest BCUT2D eigenvalue weighted by Gasteiger charge is 2.46. The van der Waals surface area contributed by atoms with Gasteiger partial charge in [0.15, 0.2) is 17.3 Å². The van der Waals surface area contributed by atoms with Crippen LogP contribution in [0.1, 0.15) is 64.9 Å². The average molecular weight is 575 g/mol. The zero-order chi connectivity index (χ0) is 27.6. The Morgan fingerprint density at radius 3 is 1.76 bits per heavy atom. The number of allylic oxidation sites excluding steroid dienone is 4. The predicted octanol–water partition coefficient (Wildman–Crippen LogP) is 6.73. The molecule has 0 bridgehead atoms. The number of dihydropyridines is 1. The van der Waals surface area contributed by atoms with Crippen LogP contribution in [-0.4, -0.2) is 20.0 Å². The third-order valence-electron chi connectivity index (χ3n) is 7.30. The van der Waals surface area contributed by atoms with Crippen molar-refractivity contribution in [1.29, 1.82) is 0 Å². The van der Waals surface area contributed by atoms with Gasteiger partial charge in [0, 0.05) is 41.3 Å². The topological polar surface area (TPSA) is 89.5 Å². The molecule has 0 unspecified atom stereocenters. The molecule has 2 aliphatic carbocycles. The Kier molecular flexibility index (Phi) is 6.56. The minimum absolute atomic E-state index is 0.0259. The van der Waals surface area contributed by atoms with Crippen LogP contribution in [-0.2, 0) is 19.7 Å². The molecule has 2 aromatic rings. The van der Waals surface area contributed by atoms with E-state index in [1.54, 1.807) is 30.3 Å². The van der Waals surface area contributed by atoms with E-state index in [4.69, 9.17) is 27.4 Å². The maximum Gasteiger partial charge on any atom is 0.339 e. The summed E-state index contributed by atoms with van der Waals surface area (Å²) < 4.78 is 31.0. The molecule has 0 saturated heterocycles. The van der Waals surface area contributed by atoms with E-state index >= 15 is 0 Å². The first kappa shape index (κ1) is 27.0. The van der Waals surface area contributed by atoms with Crippen LogP contribution < -0.4 is 9.50 Å². The Labute approximate surface area is 233 Å². The summed E-state index contributed by atoms with van der Waals surface area (Å²) in [6.45, 7) is 8.22. The molecule has 0 radical (unpaired) electrons. The summed E-state index contributed by atoms with van der Waals surface area (Å²) in [4.78, 5) is 27.0. The summed E-state index contributed by atoms with van der Waals surface area (Å²) in [5.74, 6) is -0.914. The van der Waals surface area contributed by atoms with Gasteiger partial charge in [0.25, 0.3) is 0 Å². The van der Waals surface area contributed by atoms with Crippen LogP contribution in [0.4, 0.5) is 0 Å². The second-order valence-corrected chi connectivity index (χ2v) is 14.2. The van der Waals surface area contributed by atoms with Crippen molar-refractivity contribution in [2.45, 2.75) is 64.2 Å². The Morgan fingerprint density at radius 1 is 0.816 bits per heavy atom. The van der Waals surface area contributed by atoms with E-state index in [9.17, 15) is 18.0 Å². The minimum Gasteiger partial charge on any atom is -0.376 e. The first-order chi connectivity index (χ1) is 17.7. The lowest BCUT2D eigenvalue weighted by atomic mass is 9.64. The van der Waals surface area contributed by atoms with Gasteiger partial charge < -0.3 is 9.50 Å². The van der Waals surface area contributed by atoms with Crippen molar-refractivity contribution in [2.75, 3.05) is 0 Å². The molecule has 38 heavy (non-hydrogen) atoms. The van der Waals surface area contributed by atoms with E-state index < -0.39 is 16.0 Å². The molecule has 5 rings (SSSR count). The summed E-state index contributed by atoms with van der Waals surface area (Å²) >= 11 is 13.1. The summed E-state index contributed by atoms with van der Waals surface area (Å²) in [7, 11) is -4.18. The number of ketones is 2. The monoisotopic (exact) mass is 573 g/mol. The zero-order valence-electron chi connectivity index (χ0n) is 21.7. The van der Waals surface area contributed by atoms with Crippen molar-refractivity contribution in [3.05, 3.63) is 80.6 Å². The third kappa shape index (κ3) is 4.92. The smallest absolute Gasteiger partial charge is 0.339 e. The van der Waals surface area contributed by atoms with Crippen LogP contribution in [0.5, 0.6) is 5.75 Å². The molecule has 3 aliphatic rings. The summed E-state index contributed by atoms with van der Waals surface area (Å²) in [6, 6.07) is 10.8. The summed E-state index contributed by atoms with van der Waals surface area (Å²) in [5, 5.41) is 3.41. The van der Waals surface area contributed by atoms with Gasteiger partial charge in [-0.15, -0.1) is 0 Å². The molecule has 0 amide bonds. The van der Waals surface area contributed by atoms with E-state index in [1.165, 1.54) is 12.1 Å². The number of rotatable bonds is 4. The van der Waals surface area contributed by atoms with Crippen LogP contribution in [0.3, 0.4) is 0 Å². The number of carbonyl (C=O) groups excluding carboxylic acids is 2. The average Bonchev–Trinajstić information content (AvgIpc) is 2.79. The van der Waals surface area contributed by atoms with Crippen molar-refractivity contribution < 1.29 is 22.2 Å². The second kappa shape index (κ2) is 9.25. The highest BCUT2D eigenvalue weighted by Crippen LogP contribution is 2.52. The number of benzene rings is 2. The molecule has 9 heteroatoms. The maximum atomic E-state index is 13.5. The zero-order valence-corrected chi connectivity index (χ0v) is 24.0. The van der Waals surface area contributed by atoms with Gasteiger partial charge in [-0.05, 0) is 53.5 Å². The van der Waals surface area contributed by atoms with Crippen molar-refractivity contribution in [3.8, 4) is 5.75 Å². The fourth-order valence-electron chi connectivity index (χ4n) is 5.79. The molecule has 0 aromatic heterocycles. The molecule has 6 nitrogen and oxygen atoms in total. The molecule has 0 spiro atoms. The lowest BCUT2D eigenvalue weighted by molar-refractivity contribution is -0.119. The Hall–Kier alpha value is -2.61. The lowest BCUT2D eigenvalue weighted by Crippen LogP contribution is -2.42. The molecule has 200 valence electrons. The number of carbonyl (C=O) groups is 2. The summed E-state index contributed by atoms with van der Waals surface area (Å²) in [6.07, 6.45) is 2.02. The number of nitrogens with one attached hydrogen (secondary N) is 1. The molecule has 0 atom stereocenters. The molecule has 0 fully saturated rings. The first-order valence-electron chi connectivity index (χ1n) is 12.5. The fourth-order valence-corrected chi connectivity index (χ4v) is 7.45. The van der Waals surface area contributed by atoms with Gasteiger partial charge in [-0.25, -0.2) is 0 Å². The van der Waals surface area contributed by atoms with Crippen molar-refractivity contribution in [2.24, 2.45) is 10.8 Å². The van der Waals surface area contributed by atoms with Crippen molar-refractivity contribution >= 4 is 44.9 Å². The van der Waals surface area contributed by atoms with Crippen LogP contribution in [0.25, 0.3) is 0 Å². The van der Waals surface area contributed by atoms with E-state index in [0.717, 1.165) is 11.4 Å². The highest BCUT2D eigenvalue weighted by molar-refractivity contribution is 7.87. The highest BCUT2D eigenvalue weighted by atomic mass is 35.5. The number of Topliss-reactive ketones (excluding diaryl/α,β-unsaturated/α-hetero) is 2. The van der Waals surface area contributed by atoms with Crippen molar-refractivity contribution in [3.63, 3.8) is 0 Å². The standard InChI is InChI=1S/C29H29Cl2NO5S/c1-28(2)12-20-25(22(33)14-28)24(26-21(32-20)13-29(3,4)15-23(26)34)16-10-18(30)27(19(31)11-16)37-38(35,36)17-8-6-5-7-9-17/h5-11,24,32H,12-15H2,1-4H3. The second-order valence-electron chi connectivity index (χ2n) is 11.9. The fraction of sp³-hybridized carbons (Fsp3) is 0.379. The molecule has 1 aliphatic heterocycles. The van der Waals surface area contributed by atoms with Gasteiger partial charge in [0.2, 0.25) is 0 Å². The van der Waals surface area contributed by atoms with Crippen molar-refractivity contribution in [1.82, 2.24) is 5.32 Å². The quantitative estimate of drug-likeness (QED) is 0.407. The molecule has 0 saturated carbocycles. The predicted molar refractivity (Wildman–Crippen MR) is 147 cm³/mol. The van der Waals surface area contributed by atoms with Gasteiger partial charge in [-0.2, -0.15) is 8.42 Å². The summed E-state index contributed by atoms with van der Waals surface area (Å²) in [5.41, 5.74) is 2.84. The Balaban J connectivity index is 1.63. The largest absolute Gasteiger partial charge is 0.376 e. The van der Waals surface area contributed by atoms with Gasteiger partial charge >= 0.3 is 10.1 Å². The van der Waals surface area contributed by atoms with E-state index in [-0.39, 0.29) is 43.1 Å². The minimum atomic E-state index is -4.18. The van der Waals surface area contributed by atoms with Gasteiger partial charge in [0.1, 0.15) is 4.90 Å². The molecule has 2 aromatic carbocycles.